The molecule has 0 spiro atoms. The normalized spacial score (nSPS) is 10.9. The molecule has 0 unspecified atom stereocenters. The number of nitrogens with zero attached hydrogens (tertiary/aromatic N) is 3. The zero-order valence-corrected chi connectivity index (χ0v) is 12.1. The average Bonchev–Trinajstić information content (AvgIpc) is 3.12. The number of aryl methyl sites for hydroxylation is 1. The molecule has 0 saturated heterocycles. The fraction of sp³-hybridized carbons (Fsp3) is 0.308. The van der Waals surface area contributed by atoms with Crippen LogP contribution >= 0.6 is 11.3 Å². The molecule has 6 nitrogen and oxygen atoms in total. The van der Waals surface area contributed by atoms with Crippen LogP contribution in [-0.4, -0.2) is 22.2 Å². The standard InChI is InChI=1S/C13H15N5OS/c1-3-9-6-10-11(15-7-8-4-5-16-19-8)17-13(14-2)18-12(10)20-9/h4-6H,3,7H2,1-2H3,(H2,14,15,17,18). The summed E-state index contributed by atoms with van der Waals surface area (Å²) in [4.78, 5) is 11.3. The van der Waals surface area contributed by atoms with Crippen molar-refractivity contribution in [3.05, 3.63) is 29.0 Å². The molecule has 3 aromatic heterocycles. The van der Waals surface area contributed by atoms with Gasteiger partial charge in [0, 0.05) is 18.0 Å². The average molecular weight is 289 g/mol. The van der Waals surface area contributed by atoms with Crippen molar-refractivity contribution in [1.82, 2.24) is 15.1 Å². The van der Waals surface area contributed by atoms with E-state index in [2.05, 4.69) is 38.7 Å². The maximum absolute atomic E-state index is 5.08. The Balaban J connectivity index is 1.96. The molecule has 0 bridgehead atoms. The van der Waals surface area contributed by atoms with Gasteiger partial charge >= 0.3 is 0 Å². The summed E-state index contributed by atoms with van der Waals surface area (Å²) in [6.45, 7) is 2.69. The van der Waals surface area contributed by atoms with Crippen molar-refractivity contribution in [3.63, 3.8) is 0 Å². The quantitative estimate of drug-likeness (QED) is 0.752. The van der Waals surface area contributed by atoms with Crippen molar-refractivity contribution in [2.45, 2.75) is 19.9 Å². The minimum absolute atomic E-state index is 0.548. The fourth-order valence-electron chi connectivity index (χ4n) is 1.90. The van der Waals surface area contributed by atoms with E-state index in [1.807, 2.05) is 13.1 Å². The number of hydrogen-bond acceptors (Lipinski definition) is 7. The molecule has 0 aliphatic heterocycles. The predicted molar refractivity (Wildman–Crippen MR) is 80.2 cm³/mol. The van der Waals surface area contributed by atoms with Crippen LogP contribution in [0.1, 0.15) is 17.6 Å². The largest absolute Gasteiger partial charge is 0.362 e. The van der Waals surface area contributed by atoms with Crippen molar-refractivity contribution in [3.8, 4) is 0 Å². The van der Waals surface area contributed by atoms with Gasteiger partial charge in [0.25, 0.3) is 0 Å². The van der Waals surface area contributed by atoms with E-state index in [4.69, 9.17) is 4.52 Å². The van der Waals surface area contributed by atoms with E-state index in [-0.39, 0.29) is 0 Å². The predicted octanol–water partition coefficient (Wildman–Crippen LogP) is 2.90. The molecular formula is C13H15N5OS. The van der Waals surface area contributed by atoms with E-state index >= 15 is 0 Å². The molecule has 0 aromatic carbocycles. The number of nitrogens with one attached hydrogen (secondary N) is 2. The van der Waals surface area contributed by atoms with Gasteiger partial charge in [-0.25, -0.2) is 4.98 Å². The summed E-state index contributed by atoms with van der Waals surface area (Å²) in [5.41, 5.74) is 0. The second-order valence-corrected chi connectivity index (χ2v) is 5.38. The van der Waals surface area contributed by atoms with Gasteiger partial charge in [0.15, 0.2) is 5.76 Å². The van der Waals surface area contributed by atoms with Gasteiger partial charge in [-0.3, -0.25) is 0 Å². The molecule has 0 aliphatic carbocycles. The number of aromatic nitrogens is 3. The SMILES string of the molecule is CCc1cc2c(NCc3ccno3)nc(NC)nc2s1. The van der Waals surface area contributed by atoms with Crippen LogP contribution < -0.4 is 10.6 Å². The van der Waals surface area contributed by atoms with Gasteiger partial charge in [0.1, 0.15) is 10.6 Å². The van der Waals surface area contributed by atoms with Crippen LogP contribution in [0.2, 0.25) is 0 Å². The smallest absolute Gasteiger partial charge is 0.225 e. The molecule has 3 aromatic rings. The van der Waals surface area contributed by atoms with Crippen LogP contribution in [0, 0.1) is 0 Å². The first-order valence-electron chi connectivity index (χ1n) is 6.41. The molecule has 104 valence electrons. The summed E-state index contributed by atoms with van der Waals surface area (Å²) in [6, 6.07) is 3.97. The molecule has 0 aliphatic rings. The van der Waals surface area contributed by atoms with Crippen LogP contribution in [0.3, 0.4) is 0 Å². The Morgan fingerprint density at radius 2 is 2.25 bits per heavy atom. The van der Waals surface area contributed by atoms with Gasteiger partial charge < -0.3 is 15.2 Å². The summed E-state index contributed by atoms with van der Waals surface area (Å²) in [5.74, 6) is 2.20. The van der Waals surface area contributed by atoms with Crippen molar-refractivity contribution in [2.24, 2.45) is 0 Å². The zero-order valence-electron chi connectivity index (χ0n) is 11.3. The molecule has 0 atom stereocenters. The molecule has 3 heterocycles. The Labute approximate surface area is 120 Å². The van der Waals surface area contributed by atoms with Crippen LogP contribution in [0.4, 0.5) is 11.8 Å². The highest BCUT2D eigenvalue weighted by atomic mass is 32.1. The van der Waals surface area contributed by atoms with E-state index in [0.717, 1.165) is 28.2 Å². The molecule has 0 radical (unpaired) electrons. The van der Waals surface area contributed by atoms with E-state index < -0.39 is 0 Å². The lowest BCUT2D eigenvalue weighted by Crippen LogP contribution is -2.04. The summed E-state index contributed by atoms with van der Waals surface area (Å²) in [5, 5.41) is 11.0. The fourth-order valence-corrected chi connectivity index (χ4v) is 2.86. The maximum Gasteiger partial charge on any atom is 0.225 e. The van der Waals surface area contributed by atoms with Crippen molar-refractivity contribution >= 4 is 33.3 Å². The highest BCUT2D eigenvalue weighted by Gasteiger charge is 2.11. The Kier molecular flexibility index (Phi) is 3.51. The Morgan fingerprint density at radius 3 is 2.95 bits per heavy atom. The molecule has 0 amide bonds. The van der Waals surface area contributed by atoms with Gasteiger partial charge in [-0.15, -0.1) is 11.3 Å². The highest BCUT2D eigenvalue weighted by molar-refractivity contribution is 7.18. The lowest BCUT2D eigenvalue weighted by Gasteiger charge is -2.06. The summed E-state index contributed by atoms with van der Waals surface area (Å²) >= 11 is 1.70. The lowest BCUT2D eigenvalue weighted by molar-refractivity contribution is 0.388. The summed E-state index contributed by atoms with van der Waals surface area (Å²) in [6.07, 6.45) is 2.63. The van der Waals surface area contributed by atoms with Gasteiger partial charge in [0.2, 0.25) is 5.95 Å². The van der Waals surface area contributed by atoms with Crippen LogP contribution in [0.15, 0.2) is 22.9 Å². The Hall–Kier alpha value is -2.15. The van der Waals surface area contributed by atoms with Crippen molar-refractivity contribution in [1.29, 1.82) is 0 Å². The van der Waals surface area contributed by atoms with Gasteiger partial charge in [0.05, 0.1) is 18.1 Å². The molecule has 0 saturated carbocycles. The third-order valence-corrected chi connectivity index (χ3v) is 4.11. The zero-order chi connectivity index (χ0) is 13.9. The first-order chi connectivity index (χ1) is 9.80. The van der Waals surface area contributed by atoms with E-state index in [1.165, 1.54) is 4.88 Å². The third-order valence-electron chi connectivity index (χ3n) is 2.94. The molecule has 2 N–H and O–H groups in total. The molecular weight excluding hydrogens is 274 g/mol. The van der Waals surface area contributed by atoms with Gasteiger partial charge in [-0.2, -0.15) is 4.98 Å². The molecule has 3 rings (SSSR count). The third kappa shape index (κ3) is 2.44. The highest BCUT2D eigenvalue weighted by Crippen LogP contribution is 2.30. The summed E-state index contributed by atoms with van der Waals surface area (Å²) in [7, 11) is 1.82. The molecule has 7 heteroatoms. The maximum atomic E-state index is 5.08. The lowest BCUT2D eigenvalue weighted by atomic mass is 10.3. The number of thiophene rings is 1. The Morgan fingerprint density at radius 1 is 1.35 bits per heavy atom. The van der Waals surface area contributed by atoms with Gasteiger partial charge in [-0.05, 0) is 12.5 Å². The Bertz CT molecular complexity index is 707. The van der Waals surface area contributed by atoms with E-state index in [0.29, 0.717) is 12.5 Å². The monoisotopic (exact) mass is 289 g/mol. The number of rotatable bonds is 5. The van der Waals surface area contributed by atoms with Crippen LogP contribution in [-0.2, 0) is 13.0 Å². The van der Waals surface area contributed by atoms with Gasteiger partial charge in [-0.1, -0.05) is 12.1 Å². The van der Waals surface area contributed by atoms with E-state index in [9.17, 15) is 0 Å². The second kappa shape index (κ2) is 5.46. The first-order valence-corrected chi connectivity index (χ1v) is 7.23. The summed E-state index contributed by atoms with van der Waals surface area (Å²) < 4.78 is 5.08. The molecule has 20 heavy (non-hydrogen) atoms. The number of anilines is 2. The number of fused-ring (bicyclic) bond motifs is 1. The molecule has 0 fully saturated rings. The van der Waals surface area contributed by atoms with Crippen LogP contribution in [0.5, 0.6) is 0 Å². The van der Waals surface area contributed by atoms with Crippen molar-refractivity contribution in [2.75, 3.05) is 17.7 Å². The number of hydrogen-bond donors (Lipinski definition) is 2. The minimum atomic E-state index is 0.548. The van der Waals surface area contributed by atoms with Crippen molar-refractivity contribution < 1.29 is 4.52 Å². The topological polar surface area (TPSA) is 75.9 Å². The second-order valence-electron chi connectivity index (χ2n) is 4.26. The van der Waals surface area contributed by atoms with E-state index in [1.54, 1.807) is 17.5 Å². The minimum Gasteiger partial charge on any atom is -0.362 e. The first kappa shape index (κ1) is 12.9. The van der Waals surface area contributed by atoms with Crippen LogP contribution in [0.25, 0.3) is 10.2 Å².